The second-order valence-electron chi connectivity index (χ2n) is 9.91. The van der Waals surface area contributed by atoms with E-state index in [1.165, 1.54) is 6.33 Å². The lowest BCUT2D eigenvalue weighted by molar-refractivity contribution is -0.205. The summed E-state index contributed by atoms with van der Waals surface area (Å²) in [7, 11) is 2.00. The van der Waals surface area contributed by atoms with Crippen LogP contribution in [0.3, 0.4) is 0 Å². The van der Waals surface area contributed by atoms with Crippen LogP contribution in [0.4, 0.5) is 16.3 Å². The van der Waals surface area contributed by atoms with Crippen molar-refractivity contribution < 1.29 is 19.0 Å². The highest BCUT2D eigenvalue weighted by Gasteiger charge is 2.63. The number of nitrogen functional groups attached to an aromatic ring is 1. The number of nitrogens with zero attached hydrogens (tertiary/aromatic N) is 5. The molecule has 3 atom stereocenters. The molecule has 0 radical (unpaired) electrons. The molecule has 4 N–H and O–H groups in total. The molecule has 0 spiro atoms. The van der Waals surface area contributed by atoms with Crippen LogP contribution in [0.1, 0.15) is 20.3 Å². The van der Waals surface area contributed by atoms with Crippen LogP contribution in [-0.2, 0) is 19.9 Å². The summed E-state index contributed by atoms with van der Waals surface area (Å²) >= 11 is 11.9. The molecular weight excluding hydrogens is 535 g/mol. The number of nitrogens with two attached hydrogens (primary N) is 1. The van der Waals surface area contributed by atoms with E-state index in [0.717, 1.165) is 13.0 Å². The summed E-state index contributed by atoms with van der Waals surface area (Å²) in [5.74, 6) is -0.527. The number of imidazole rings is 1. The van der Waals surface area contributed by atoms with Gasteiger partial charge in [0, 0.05) is 18.8 Å². The monoisotopic (exact) mass is 564 g/mol. The summed E-state index contributed by atoms with van der Waals surface area (Å²) in [5, 5.41) is 6.40. The first-order valence-electron chi connectivity index (χ1n) is 12.2. The molecule has 14 heteroatoms. The van der Waals surface area contributed by atoms with Crippen LogP contribution >= 0.6 is 23.2 Å². The number of likely N-dealkylation sites (N-methyl/N-ethyl adjacent to an activating group) is 1. The number of ether oxygens (including phenoxy) is 3. The second-order valence-corrected chi connectivity index (χ2v) is 10.7. The number of hydrogen-bond donors (Lipinski definition) is 3. The van der Waals surface area contributed by atoms with Gasteiger partial charge in [-0.15, -0.1) is 0 Å². The molecule has 2 saturated heterocycles. The minimum Gasteiger partial charge on any atom is -0.382 e. The van der Waals surface area contributed by atoms with Gasteiger partial charge < -0.3 is 35.5 Å². The molecule has 2 fully saturated rings. The van der Waals surface area contributed by atoms with Crippen LogP contribution in [0, 0.1) is 0 Å². The van der Waals surface area contributed by atoms with E-state index >= 15 is 0 Å². The normalized spacial score (nSPS) is 24.2. The number of amides is 2. The van der Waals surface area contributed by atoms with Crippen LogP contribution in [0.25, 0.3) is 11.2 Å². The largest absolute Gasteiger partial charge is 0.382 e. The summed E-state index contributed by atoms with van der Waals surface area (Å²) in [4.78, 5) is 27.2. The number of halogens is 2. The number of carbonyl (C=O) groups is 1. The summed E-state index contributed by atoms with van der Waals surface area (Å²) in [5.41, 5.74) is 6.70. The van der Waals surface area contributed by atoms with Gasteiger partial charge in [0.15, 0.2) is 17.3 Å². The van der Waals surface area contributed by atoms with E-state index in [0.29, 0.717) is 45.8 Å². The number of urea groups is 1. The van der Waals surface area contributed by atoms with Crippen molar-refractivity contribution in [2.24, 2.45) is 0 Å². The minimum absolute atomic E-state index is 0.260. The number of rotatable bonds is 8. The van der Waals surface area contributed by atoms with Gasteiger partial charge in [0.1, 0.15) is 24.1 Å². The molecule has 2 aliphatic heterocycles. The van der Waals surface area contributed by atoms with Gasteiger partial charge in [-0.3, -0.25) is 4.57 Å². The Kier molecular flexibility index (Phi) is 7.37. The maximum atomic E-state index is 12.2. The lowest BCUT2D eigenvalue weighted by Crippen LogP contribution is -2.46. The number of anilines is 2. The molecule has 3 unspecified atom stereocenters. The molecule has 38 heavy (non-hydrogen) atoms. The van der Waals surface area contributed by atoms with E-state index in [1.54, 1.807) is 24.5 Å². The van der Waals surface area contributed by atoms with Crippen LogP contribution < -0.4 is 16.4 Å². The van der Waals surface area contributed by atoms with Crippen molar-refractivity contribution in [1.82, 2.24) is 29.7 Å². The molecule has 12 nitrogen and oxygen atoms in total. The van der Waals surface area contributed by atoms with Gasteiger partial charge >= 0.3 is 6.03 Å². The summed E-state index contributed by atoms with van der Waals surface area (Å²) in [6.45, 7) is 5.85. The zero-order valence-electron chi connectivity index (χ0n) is 21.3. The van der Waals surface area contributed by atoms with Crippen LogP contribution in [0.5, 0.6) is 0 Å². The molecular formula is C24H30Cl2N8O4. The predicted molar refractivity (Wildman–Crippen MR) is 143 cm³/mol. The highest BCUT2D eigenvalue weighted by atomic mass is 35.5. The quantitative estimate of drug-likeness (QED) is 0.352. The van der Waals surface area contributed by atoms with E-state index in [-0.39, 0.29) is 18.7 Å². The SMILES string of the molecule is CN(CCCNC(=O)Nc1ccc(Cl)c(Cl)c1)CC1OCC2(n3cnc4c(N)ncnc43)OC(C)(C)OC12. The van der Waals surface area contributed by atoms with Gasteiger partial charge in [-0.1, -0.05) is 23.2 Å². The summed E-state index contributed by atoms with van der Waals surface area (Å²) in [6, 6.07) is 4.61. The van der Waals surface area contributed by atoms with E-state index in [2.05, 4.69) is 30.5 Å². The third-order valence-corrected chi connectivity index (χ3v) is 7.30. The molecule has 204 valence electrons. The zero-order valence-corrected chi connectivity index (χ0v) is 22.8. The Labute approximate surface area is 229 Å². The fourth-order valence-electron chi connectivity index (χ4n) is 4.93. The molecule has 2 aromatic heterocycles. The molecule has 2 aliphatic rings. The van der Waals surface area contributed by atoms with Crippen LogP contribution in [-0.4, -0.2) is 81.7 Å². The second kappa shape index (κ2) is 10.4. The standard InChI is InChI=1S/C24H30Cl2N8O4/c1-23(2)37-19-17(36-11-24(19,38-23)34-13-31-18-20(27)29-12-30-21(18)34)10-33(3)8-4-7-28-22(35)32-14-5-6-15(25)16(26)9-14/h5-6,9,12-13,17,19H,4,7-8,10-11H2,1-3H3,(H2,27,29,30)(H2,28,32,35). The van der Waals surface area contributed by atoms with Gasteiger partial charge in [0.25, 0.3) is 0 Å². The zero-order chi connectivity index (χ0) is 27.1. The average Bonchev–Trinajstić information content (AvgIpc) is 3.50. The van der Waals surface area contributed by atoms with Crippen LogP contribution in [0.2, 0.25) is 10.0 Å². The molecule has 4 heterocycles. The number of benzene rings is 1. The van der Waals surface area contributed by atoms with E-state index in [9.17, 15) is 4.79 Å². The molecule has 5 rings (SSSR count). The van der Waals surface area contributed by atoms with E-state index in [4.69, 9.17) is 43.1 Å². The Morgan fingerprint density at radius 1 is 1.26 bits per heavy atom. The van der Waals surface area contributed by atoms with E-state index in [1.807, 2.05) is 25.5 Å². The number of carbonyl (C=O) groups excluding carboxylic acids is 1. The molecule has 2 amide bonds. The smallest absolute Gasteiger partial charge is 0.319 e. The van der Waals surface area contributed by atoms with Gasteiger partial charge in [-0.2, -0.15) is 0 Å². The molecule has 0 bridgehead atoms. The summed E-state index contributed by atoms with van der Waals surface area (Å²) < 4.78 is 20.8. The summed E-state index contributed by atoms with van der Waals surface area (Å²) in [6.07, 6.45) is 3.13. The Morgan fingerprint density at radius 3 is 2.87 bits per heavy atom. The van der Waals surface area contributed by atoms with Gasteiger partial charge in [-0.05, 0) is 52.1 Å². The number of fused-ring (bicyclic) bond motifs is 2. The number of nitrogens with one attached hydrogen (secondary N) is 2. The van der Waals surface area contributed by atoms with E-state index < -0.39 is 17.6 Å². The van der Waals surface area contributed by atoms with Gasteiger partial charge in [0.05, 0.1) is 23.0 Å². The lowest BCUT2D eigenvalue weighted by atomic mass is 10.0. The highest BCUT2D eigenvalue weighted by Crippen LogP contribution is 2.47. The fraction of sp³-hybridized carbons (Fsp3) is 0.500. The fourth-order valence-corrected chi connectivity index (χ4v) is 5.23. The Balaban J connectivity index is 1.16. The molecule has 3 aromatic rings. The van der Waals surface area contributed by atoms with Crippen molar-refractivity contribution in [3.63, 3.8) is 0 Å². The van der Waals surface area contributed by atoms with Crippen molar-refractivity contribution >= 4 is 51.9 Å². The molecule has 0 saturated carbocycles. The highest BCUT2D eigenvalue weighted by molar-refractivity contribution is 6.42. The first kappa shape index (κ1) is 26.9. The first-order valence-corrected chi connectivity index (χ1v) is 13.0. The number of aromatic nitrogens is 4. The average molecular weight is 565 g/mol. The Morgan fingerprint density at radius 2 is 2.08 bits per heavy atom. The van der Waals surface area contributed by atoms with Gasteiger partial charge in [0.2, 0.25) is 5.72 Å². The topological polar surface area (TPSA) is 142 Å². The lowest BCUT2D eigenvalue weighted by Gasteiger charge is -2.29. The third kappa shape index (κ3) is 5.24. The first-order chi connectivity index (χ1) is 18.1. The van der Waals surface area contributed by atoms with Gasteiger partial charge in [-0.25, -0.2) is 19.7 Å². The molecule has 1 aromatic carbocycles. The van der Waals surface area contributed by atoms with Crippen LogP contribution in [0.15, 0.2) is 30.9 Å². The third-order valence-electron chi connectivity index (χ3n) is 6.56. The van der Waals surface area contributed by atoms with Crippen molar-refractivity contribution in [3.05, 3.63) is 40.9 Å². The minimum atomic E-state index is -0.936. The maximum absolute atomic E-state index is 12.2. The predicted octanol–water partition coefficient (Wildman–Crippen LogP) is 3.06. The van der Waals surface area contributed by atoms with Crippen molar-refractivity contribution in [1.29, 1.82) is 0 Å². The van der Waals surface area contributed by atoms with Crippen molar-refractivity contribution in [3.8, 4) is 0 Å². The van der Waals surface area contributed by atoms with Crippen molar-refractivity contribution in [2.45, 2.75) is 44.0 Å². The number of hydrogen-bond acceptors (Lipinski definition) is 9. The Bertz CT molecular complexity index is 1340. The molecule has 0 aliphatic carbocycles. The maximum Gasteiger partial charge on any atom is 0.319 e. The Hall–Kier alpha value is -2.74. The van der Waals surface area contributed by atoms with Crippen molar-refractivity contribution in [2.75, 3.05) is 44.3 Å².